The van der Waals surface area contributed by atoms with Crippen molar-refractivity contribution in [3.8, 4) is 11.8 Å². The predicted octanol–water partition coefficient (Wildman–Crippen LogP) is 1.64. The van der Waals surface area contributed by atoms with Crippen LogP contribution in [0.25, 0.3) is 0 Å². The van der Waals surface area contributed by atoms with Gasteiger partial charge in [0.1, 0.15) is 11.8 Å². The maximum absolute atomic E-state index is 8.69. The Bertz CT molecular complexity index is 521. The van der Waals surface area contributed by atoms with Crippen LogP contribution in [-0.4, -0.2) is 24.9 Å². The van der Waals surface area contributed by atoms with Gasteiger partial charge in [0.15, 0.2) is 5.84 Å². The van der Waals surface area contributed by atoms with Crippen molar-refractivity contribution >= 4 is 29.0 Å². The van der Waals surface area contributed by atoms with Gasteiger partial charge in [0, 0.05) is 11.0 Å². The smallest absolute Gasteiger partial charge is 0.201 e. The van der Waals surface area contributed by atoms with E-state index in [1.165, 1.54) is 0 Å². The largest absolute Gasteiger partial charge is 0.496 e. The number of nitrogens with zero attached hydrogens (tertiary/aromatic N) is 2. The van der Waals surface area contributed by atoms with Gasteiger partial charge in [0.2, 0.25) is 5.71 Å². The number of hydrogen-bond acceptors (Lipinski definition) is 6. The van der Waals surface area contributed by atoms with E-state index in [0.717, 1.165) is 4.90 Å². The van der Waals surface area contributed by atoms with E-state index in [1.54, 1.807) is 37.1 Å². The zero-order chi connectivity index (χ0) is 13.5. The molecular formula is C11H13N5OS. The van der Waals surface area contributed by atoms with Gasteiger partial charge in [-0.3, -0.25) is 10.8 Å². The Kier molecular flexibility index (Phi) is 5.02. The number of nitrogens with one attached hydrogen (secondary N) is 2. The number of hydrogen-bond donors (Lipinski definition) is 3. The average molecular weight is 263 g/mol. The molecule has 0 aliphatic carbocycles. The minimum Gasteiger partial charge on any atom is -0.496 e. The minimum absolute atomic E-state index is 0.164. The molecule has 7 heteroatoms. The second-order valence-electron chi connectivity index (χ2n) is 3.17. The van der Waals surface area contributed by atoms with Gasteiger partial charge < -0.3 is 10.5 Å². The third-order valence-corrected chi connectivity index (χ3v) is 2.82. The van der Waals surface area contributed by atoms with E-state index < -0.39 is 0 Å². The van der Waals surface area contributed by atoms with Gasteiger partial charge in [-0.25, -0.2) is 0 Å². The molecule has 0 saturated carbocycles. The Hall–Kier alpha value is -2.20. The Morgan fingerprint density at radius 3 is 2.83 bits per heavy atom. The van der Waals surface area contributed by atoms with Crippen LogP contribution in [-0.2, 0) is 0 Å². The first-order chi connectivity index (χ1) is 8.62. The van der Waals surface area contributed by atoms with Gasteiger partial charge in [-0.15, -0.1) is 11.8 Å². The van der Waals surface area contributed by atoms with E-state index in [-0.39, 0.29) is 11.5 Å². The highest BCUT2D eigenvalue weighted by Crippen LogP contribution is 2.30. The number of thioether (sulfide) groups is 1. The lowest BCUT2D eigenvalue weighted by atomic mass is 10.3. The molecule has 6 nitrogen and oxygen atoms in total. The Labute approximate surface area is 109 Å². The highest BCUT2D eigenvalue weighted by molar-refractivity contribution is 7.98. The molecule has 0 aliphatic heterocycles. The molecule has 0 aromatic heterocycles. The zero-order valence-electron chi connectivity index (χ0n) is 10.0. The highest BCUT2D eigenvalue weighted by Gasteiger charge is 2.04. The van der Waals surface area contributed by atoms with E-state index in [2.05, 4.69) is 10.5 Å². The van der Waals surface area contributed by atoms with Crippen LogP contribution in [0.3, 0.4) is 0 Å². The molecule has 4 N–H and O–H groups in total. The molecule has 0 aliphatic rings. The highest BCUT2D eigenvalue weighted by atomic mass is 32.2. The molecular weight excluding hydrogens is 250 g/mol. The molecule has 0 radical (unpaired) electrons. The van der Waals surface area contributed by atoms with Crippen molar-refractivity contribution in [1.29, 1.82) is 10.7 Å². The van der Waals surface area contributed by atoms with Gasteiger partial charge >= 0.3 is 0 Å². The third kappa shape index (κ3) is 3.40. The number of ether oxygens (including phenoxy) is 1. The summed E-state index contributed by atoms with van der Waals surface area (Å²) in [7, 11) is 1.58. The summed E-state index contributed by atoms with van der Waals surface area (Å²) in [6.45, 7) is 0. The molecule has 1 rings (SSSR count). The fourth-order valence-corrected chi connectivity index (χ4v) is 1.72. The average Bonchev–Trinajstić information content (AvgIpc) is 2.38. The Balaban J connectivity index is 2.93. The number of hydrazone groups is 1. The van der Waals surface area contributed by atoms with Gasteiger partial charge in [0.25, 0.3) is 0 Å². The molecule has 1 aromatic carbocycles. The molecule has 0 saturated heterocycles. The summed E-state index contributed by atoms with van der Waals surface area (Å²) in [6, 6.07) is 7.15. The third-order valence-electron chi connectivity index (χ3n) is 2.04. The molecule has 0 spiro atoms. The van der Waals surface area contributed by atoms with Crippen molar-refractivity contribution in [2.75, 3.05) is 18.8 Å². The van der Waals surface area contributed by atoms with Crippen LogP contribution in [0.5, 0.6) is 5.75 Å². The first-order valence-corrected chi connectivity index (χ1v) is 6.15. The van der Waals surface area contributed by atoms with E-state index in [0.29, 0.717) is 11.4 Å². The second kappa shape index (κ2) is 6.51. The summed E-state index contributed by atoms with van der Waals surface area (Å²) >= 11 is 1.57. The van der Waals surface area contributed by atoms with Crippen molar-refractivity contribution < 1.29 is 4.74 Å². The van der Waals surface area contributed by atoms with Crippen LogP contribution in [0.15, 0.2) is 28.2 Å². The monoisotopic (exact) mass is 263 g/mol. The molecule has 0 fully saturated rings. The molecule has 18 heavy (non-hydrogen) atoms. The Morgan fingerprint density at radius 1 is 1.61 bits per heavy atom. The lowest BCUT2D eigenvalue weighted by Crippen LogP contribution is -2.21. The minimum atomic E-state index is -0.377. The number of methoxy groups -OCH3 is 1. The molecule has 94 valence electrons. The van der Waals surface area contributed by atoms with Crippen molar-refractivity contribution in [3.63, 3.8) is 0 Å². The van der Waals surface area contributed by atoms with Crippen LogP contribution >= 0.6 is 11.8 Å². The molecule has 0 bridgehead atoms. The van der Waals surface area contributed by atoms with Gasteiger partial charge in [-0.05, 0) is 18.4 Å². The van der Waals surface area contributed by atoms with E-state index in [1.807, 2.05) is 12.3 Å². The topological polar surface area (TPSA) is 107 Å². The summed E-state index contributed by atoms with van der Waals surface area (Å²) in [4.78, 5) is 0.999. The fourth-order valence-electron chi connectivity index (χ4n) is 1.17. The number of nitrogens with two attached hydrogens (primary N) is 1. The van der Waals surface area contributed by atoms with Crippen LogP contribution < -0.4 is 15.9 Å². The van der Waals surface area contributed by atoms with Crippen LogP contribution in [0.4, 0.5) is 5.69 Å². The van der Waals surface area contributed by atoms with Crippen molar-refractivity contribution in [2.24, 2.45) is 10.8 Å². The molecule has 0 atom stereocenters. The summed E-state index contributed by atoms with van der Waals surface area (Å²) in [5, 5.41) is 19.5. The summed E-state index contributed by atoms with van der Waals surface area (Å²) in [6.07, 6.45) is 1.95. The molecule has 0 amide bonds. The van der Waals surface area contributed by atoms with Crippen LogP contribution in [0.2, 0.25) is 0 Å². The van der Waals surface area contributed by atoms with Gasteiger partial charge in [-0.2, -0.15) is 10.4 Å². The molecule has 0 heterocycles. The van der Waals surface area contributed by atoms with Crippen LogP contribution in [0.1, 0.15) is 0 Å². The zero-order valence-corrected chi connectivity index (χ0v) is 10.8. The first-order valence-electron chi connectivity index (χ1n) is 4.92. The number of nitriles is 1. The van der Waals surface area contributed by atoms with E-state index in [9.17, 15) is 0 Å². The Morgan fingerprint density at radius 2 is 2.33 bits per heavy atom. The van der Waals surface area contributed by atoms with Crippen LogP contribution in [0, 0.1) is 16.7 Å². The number of benzene rings is 1. The predicted molar refractivity (Wildman–Crippen MR) is 73.4 cm³/mol. The maximum Gasteiger partial charge on any atom is 0.201 e. The number of anilines is 1. The van der Waals surface area contributed by atoms with Crippen molar-refractivity contribution in [1.82, 2.24) is 0 Å². The normalized spacial score (nSPS) is 10.6. The maximum atomic E-state index is 8.69. The van der Waals surface area contributed by atoms with E-state index >= 15 is 0 Å². The fraction of sp³-hybridized carbons (Fsp3) is 0.182. The summed E-state index contributed by atoms with van der Waals surface area (Å²) in [5.74, 6) is 0.335. The second-order valence-corrected chi connectivity index (χ2v) is 4.02. The van der Waals surface area contributed by atoms with Gasteiger partial charge in [-0.1, -0.05) is 0 Å². The van der Waals surface area contributed by atoms with Crippen molar-refractivity contribution in [3.05, 3.63) is 18.2 Å². The van der Waals surface area contributed by atoms with Gasteiger partial charge in [0.05, 0.1) is 12.8 Å². The SMILES string of the molecule is COc1cc(N/N=C(\C#N)C(=N)N)ccc1SC. The molecule has 0 unspecified atom stereocenters. The number of rotatable bonds is 5. The summed E-state index contributed by atoms with van der Waals surface area (Å²) in [5.41, 5.74) is 8.32. The summed E-state index contributed by atoms with van der Waals surface area (Å²) < 4.78 is 5.22. The van der Waals surface area contributed by atoms with E-state index in [4.69, 9.17) is 21.1 Å². The first kappa shape index (κ1) is 13.9. The molecule has 1 aromatic rings. The lowest BCUT2D eigenvalue weighted by molar-refractivity contribution is 0.405. The quantitative estimate of drug-likeness (QED) is 0.324. The number of amidine groups is 1. The standard InChI is InChI=1S/C11H13N5OS/c1-17-9-5-7(3-4-10(9)18-2)15-16-8(6-12)11(13)14/h3-5,15H,1-2H3,(H3,13,14)/b16-8+. The lowest BCUT2D eigenvalue weighted by Gasteiger charge is -2.08. The van der Waals surface area contributed by atoms with Crippen molar-refractivity contribution in [2.45, 2.75) is 4.90 Å².